The zero-order valence-corrected chi connectivity index (χ0v) is 17.1. The van der Waals surface area contributed by atoms with Crippen molar-refractivity contribution in [3.05, 3.63) is 35.4 Å². The maximum atomic E-state index is 12.6. The lowest BCUT2D eigenvalue weighted by molar-refractivity contribution is -0.130. The fraction of sp³-hybridized carbons (Fsp3) is 0.636. The average Bonchev–Trinajstić information content (AvgIpc) is 3.36. The molecule has 0 aromatic heterocycles. The molecular formula is C22H32N2O4. The van der Waals surface area contributed by atoms with Crippen LogP contribution in [0.3, 0.4) is 0 Å². The summed E-state index contributed by atoms with van der Waals surface area (Å²) in [5.41, 5.74) is 2.29. The molecule has 154 valence electrons. The largest absolute Gasteiger partial charge is 0.376 e. The van der Waals surface area contributed by atoms with Crippen LogP contribution in [0.5, 0.6) is 0 Å². The summed E-state index contributed by atoms with van der Waals surface area (Å²) in [6, 6.07) is 8.39. The van der Waals surface area contributed by atoms with Gasteiger partial charge in [0.05, 0.1) is 18.6 Å². The van der Waals surface area contributed by atoms with Crippen molar-refractivity contribution in [2.45, 2.75) is 57.7 Å². The standard InChI is InChI=1S/C22H32N2O4/c1-15-6-4-7-17(10-15)22(2,3)14-24-20(25)16-11-18(28-13-16)12-23-21(26)19-8-5-9-27-19/h4,6-7,10,16,18-19H,5,8-9,11-14H2,1-3H3,(H,23,26)(H,24,25)/t16-,18-,19-/m0/s1. The van der Waals surface area contributed by atoms with E-state index in [0.717, 1.165) is 12.8 Å². The third-order valence-electron chi connectivity index (χ3n) is 5.68. The van der Waals surface area contributed by atoms with Gasteiger partial charge in [-0.1, -0.05) is 43.7 Å². The minimum atomic E-state index is -0.329. The number of carbonyl (C=O) groups excluding carboxylic acids is 2. The SMILES string of the molecule is Cc1cccc(C(C)(C)CNC(=O)[C@@H]2CO[C@H](CNC(=O)[C@@H]3CCCO3)C2)c1. The molecule has 6 heteroatoms. The number of amides is 2. The summed E-state index contributed by atoms with van der Waals surface area (Å²) >= 11 is 0. The van der Waals surface area contributed by atoms with Crippen LogP contribution in [0.15, 0.2) is 24.3 Å². The molecule has 0 spiro atoms. The van der Waals surface area contributed by atoms with Crippen molar-refractivity contribution in [2.75, 3.05) is 26.3 Å². The molecule has 2 heterocycles. The van der Waals surface area contributed by atoms with Crippen LogP contribution in [-0.4, -0.2) is 50.3 Å². The summed E-state index contributed by atoms with van der Waals surface area (Å²) in [6.45, 7) is 8.40. The monoisotopic (exact) mass is 388 g/mol. The van der Waals surface area contributed by atoms with Gasteiger partial charge in [0, 0.05) is 25.1 Å². The summed E-state index contributed by atoms with van der Waals surface area (Å²) in [5.74, 6) is -0.222. The fourth-order valence-electron chi connectivity index (χ4n) is 3.76. The van der Waals surface area contributed by atoms with Crippen LogP contribution in [0.25, 0.3) is 0 Å². The van der Waals surface area contributed by atoms with Gasteiger partial charge in [0.25, 0.3) is 0 Å². The lowest BCUT2D eigenvalue weighted by Gasteiger charge is -2.26. The van der Waals surface area contributed by atoms with Crippen LogP contribution in [0.2, 0.25) is 0 Å². The predicted molar refractivity (Wildman–Crippen MR) is 107 cm³/mol. The number of hydrogen-bond donors (Lipinski definition) is 2. The van der Waals surface area contributed by atoms with Crippen molar-refractivity contribution in [3.63, 3.8) is 0 Å². The average molecular weight is 389 g/mol. The van der Waals surface area contributed by atoms with Gasteiger partial charge in [0.2, 0.25) is 11.8 Å². The zero-order chi connectivity index (χ0) is 20.1. The van der Waals surface area contributed by atoms with Gasteiger partial charge in [0.1, 0.15) is 6.10 Å². The van der Waals surface area contributed by atoms with E-state index < -0.39 is 0 Å². The predicted octanol–water partition coefficient (Wildman–Crippen LogP) is 2.09. The van der Waals surface area contributed by atoms with E-state index in [4.69, 9.17) is 9.47 Å². The first-order valence-corrected chi connectivity index (χ1v) is 10.2. The van der Waals surface area contributed by atoms with E-state index in [2.05, 4.69) is 55.7 Å². The van der Waals surface area contributed by atoms with Crippen LogP contribution in [-0.2, 0) is 24.5 Å². The Balaban J connectivity index is 1.42. The number of carbonyl (C=O) groups is 2. The second-order valence-electron chi connectivity index (χ2n) is 8.61. The number of hydrogen-bond acceptors (Lipinski definition) is 4. The Kier molecular flexibility index (Phi) is 6.73. The van der Waals surface area contributed by atoms with E-state index in [1.807, 2.05) is 0 Å². The second kappa shape index (κ2) is 9.05. The highest BCUT2D eigenvalue weighted by Crippen LogP contribution is 2.24. The Morgan fingerprint density at radius 2 is 2.00 bits per heavy atom. The molecule has 0 unspecified atom stereocenters. The first-order valence-electron chi connectivity index (χ1n) is 10.2. The van der Waals surface area contributed by atoms with Crippen molar-refractivity contribution in [1.29, 1.82) is 0 Å². The molecule has 6 nitrogen and oxygen atoms in total. The number of ether oxygens (including phenoxy) is 2. The molecular weight excluding hydrogens is 356 g/mol. The minimum Gasteiger partial charge on any atom is -0.376 e. The molecule has 2 aliphatic heterocycles. The molecule has 2 saturated heterocycles. The van der Waals surface area contributed by atoms with Crippen LogP contribution in [0, 0.1) is 12.8 Å². The van der Waals surface area contributed by atoms with Gasteiger partial charge in [-0.15, -0.1) is 0 Å². The topological polar surface area (TPSA) is 76.7 Å². The second-order valence-corrected chi connectivity index (χ2v) is 8.61. The molecule has 0 radical (unpaired) electrons. The highest BCUT2D eigenvalue weighted by atomic mass is 16.5. The first-order chi connectivity index (χ1) is 13.3. The Bertz CT molecular complexity index is 698. The Hall–Kier alpha value is -1.92. The molecule has 3 rings (SSSR count). The molecule has 2 amide bonds. The minimum absolute atomic E-state index is 0.0219. The lowest BCUT2D eigenvalue weighted by Crippen LogP contribution is -2.40. The zero-order valence-electron chi connectivity index (χ0n) is 17.1. The van der Waals surface area contributed by atoms with Gasteiger partial charge in [0.15, 0.2) is 0 Å². The Morgan fingerprint density at radius 1 is 1.18 bits per heavy atom. The number of nitrogens with one attached hydrogen (secondary N) is 2. The summed E-state index contributed by atoms with van der Waals surface area (Å²) in [5, 5.41) is 5.98. The van der Waals surface area contributed by atoms with Gasteiger partial charge in [-0.25, -0.2) is 0 Å². The molecule has 2 fully saturated rings. The van der Waals surface area contributed by atoms with Gasteiger partial charge in [-0.05, 0) is 31.7 Å². The normalized spacial score (nSPS) is 24.9. The Morgan fingerprint density at radius 3 is 2.71 bits per heavy atom. The van der Waals surface area contributed by atoms with Crippen LogP contribution in [0.1, 0.15) is 44.2 Å². The smallest absolute Gasteiger partial charge is 0.249 e. The van der Waals surface area contributed by atoms with E-state index >= 15 is 0 Å². The van der Waals surface area contributed by atoms with Gasteiger partial charge in [-0.2, -0.15) is 0 Å². The molecule has 0 bridgehead atoms. The van der Waals surface area contributed by atoms with E-state index in [0.29, 0.717) is 32.7 Å². The number of rotatable bonds is 7. The van der Waals surface area contributed by atoms with Crippen molar-refractivity contribution in [3.8, 4) is 0 Å². The van der Waals surface area contributed by atoms with E-state index in [1.54, 1.807) is 0 Å². The van der Waals surface area contributed by atoms with E-state index in [1.165, 1.54) is 11.1 Å². The first kappa shape index (κ1) is 20.8. The van der Waals surface area contributed by atoms with Crippen molar-refractivity contribution in [2.24, 2.45) is 5.92 Å². The third kappa shape index (κ3) is 5.32. The molecule has 1 aromatic carbocycles. The molecule has 28 heavy (non-hydrogen) atoms. The molecule has 0 aliphatic carbocycles. The van der Waals surface area contributed by atoms with Crippen LogP contribution < -0.4 is 10.6 Å². The highest BCUT2D eigenvalue weighted by Gasteiger charge is 2.33. The molecule has 1 aromatic rings. The highest BCUT2D eigenvalue weighted by molar-refractivity contribution is 5.81. The summed E-state index contributed by atoms with van der Waals surface area (Å²) < 4.78 is 11.1. The molecule has 2 N–H and O–H groups in total. The quantitative estimate of drug-likeness (QED) is 0.750. The van der Waals surface area contributed by atoms with Gasteiger partial charge >= 0.3 is 0 Å². The fourth-order valence-corrected chi connectivity index (χ4v) is 3.76. The number of benzene rings is 1. The summed E-state index contributed by atoms with van der Waals surface area (Å²) in [4.78, 5) is 24.6. The lowest BCUT2D eigenvalue weighted by atomic mass is 9.83. The summed E-state index contributed by atoms with van der Waals surface area (Å²) in [6.07, 6.45) is 1.89. The van der Waals surface area contributed by atoms with Crippen molar-refractivity contribution < 1.29 is 19.1 Å². The van der Waals surface area contributed by atoms with E-state index in [-0.39, 0.29) is 35.4 Å². The third-order valence-corrected chi connectivity index (χ3v) is 5.68. The van der Waals surface area contributed by atoms with Crippen molar-refractivity contribution >= 4 is 11.8 Å². The molecule has 2 aliphatic rings. The Labute approximate surface area is 167 Å². The summed E-state index contributed by atoms with van der Waals surface area (Å²) in [7, 11) is 0. The molecule has 0 saturated carbocycles. The van der Waals surface area contributed by atoms with Crippen LogP contribution in [0.4, 0.5) is 0 Å². The maximum absolute atomic E-state index is 12.6. The number of aryl methyl sites for hydroxylation is 1. The maximum Gasteiger partial charge on any atom is 0.249 e. The van der Waals surface area contributed by atoms with Crippen molar-refractivity contribution in [1.82, 2.24) is 10.6 Å². The van der Waals surface area contributed by atoms with Gasteiger partial charge < -0.3 is 20.1 Å². The molecule has 3 atom stereocenters. The van der Waals surface area contributed by atoms with Gasteiger partial charge in [-0.3, -0.25) is 9.59 Å². The van der Waals surface area contributed by atoms with E-state index in [9.17, 15) is 9.59 Å². The van der Waals surface area contributed by atoms with Crippen LogP contribution >= 0.6 is 0 Å².